The molecule has 0 bridgehead atoms. The van der Waals surface area contributed by atoms with Gasteiger partial charge in [0.25, 0.3) is 11.6 Å². The number of hydrogen-bond acceptors (Lipinski definition) is 5. The lowest BCUT2D eigenvalue weighted by Crippen LogP contribution is -2.54. The minimum Gasteiger partial charge on any atom is -0.459 e. The quantitative estimate of drug-likeness (QED) is 0.258. The molecule has 0 atom stereocenters. The Bertz CT molecular complexity index is 913. The Kier molecular flexibility index (Phi) is 6.84. The number of carbonyl (C=O) groups is 1. The molecule has 0 radical (unpaired) electrons. The van der Waals surface area contributed by atoms with Crippen LogP contribution in [0.15, 0.2) is 64.2 Å². The van der Waals surface area contributed by atoms with E-state index in [1.54, 1.807) is 29.2 Å². The highest BCUT2D eigenvalue weighted by Crippen LogP contribution is 2.13. The van der Waals surface area contributed by atoms with Gasteiger partial charge in [-0.3, -0.25) is 14.9 Å². The van der Waals surface area contributed by atoms with Crippen molar-refractivity contribution in [1.82, 2.24) is 15.1 Å². The van der Waals surface area contributed by atoms with E-state index in [-0.39, 0.29) is 11.6 Å². The van der Waals surface area contributed by atoms with Crippen LogP contribution in [0.25, 0.3) is 0 Å². The number of furan rings is 1. The van der Waals surface area contributed by atoms with Crippen LogP contribution in [-0.2, 0) is 6.54 Å². The third kappa shape index (κ3) is 5.47. The number of nitrogens with zero attached hydrogens (tertiary/aromatic N) is 4. The van der Waals surface area contributed by atoms with E-state index in [4.69, 9.17) is 4.42 Å². The predicted octanol–water partition coefficient (Wildman–Crippen LogP) is 2.67. The Labute approximate surface area is 174 Å². The largest absolute Gasteiger partial charge is 0.459 e. The molecule has 158 valence electrons. The van der Waals surface area contributed by atoms with Crippen LogP contribution in [0.3, 0.4) is 0 Å². The highest BCUT2D eigenvalue weighted by atomic mass is 16.6. The van der Waals surface area contributed by atoms with Gasteiger partial charge in [-0.2, -0.15) is 0 Å². The second kappa shape index (κ2) is 9.73. The molecule has 2 heterocycles. The highest BCUT2D eigenvalue weighted by Gasteiger charge is 2.25. The molecular weight excluding hydrogens is 386 g/mol. The van der Waals surface area contributed by atoms with Crippen molar-refractivity contribution in [2.45, 2.75) is 13.5 Å². The fourth-order valence-electron chi connectivity index (χ4n) is 3.06. The smallest absolute Gasteiger partial charge is 0.289 e. The minimum atomic E-state index is -0.420. The van der Waals surface area contributed by atoms with Crippen molar-refractivity contribution in [2.24, 2.45) is 4.99 Å². The molecule has 1 N–H and O–H groups in total. The van der Waals surface area contributed by atoms with E-state index in [9.17, 15) is 14.9 Å². The summed E-state index contributed by atoms with van der Waals surface area (Å²) in [6.07, 6.45) is 1.49. The van der Waals surface area contributed by atoms with Crippen LogP contribution in [0.5, 0.6) is 0 Å². The molecule has 1 aliphatic rings. The minimum absolute atomic E-state index is 0.0562. The Morgan fingerprint density at radius 1 is 1.20 bits per heavy atom. The summed E-state index contributed by atoms with van der Waals surface area (Å²) in [7, 11) is 0. The van der Waals surface area contributed by atoms with Crippen LogP contribution in [0, 0.1) is 10.1 Å². The molecule has 1 aliphatic heterocycles. The summed E-state index contributed by atoms with van der Waals surface area (Å²) in [4.78, 5) is 31.4. The molecular formula is C21H25N5O4. The lowest BCUT2D eigenvalue weighted by Gasteiger charge is -2.36. The molecule has 3 rings (SSSR count). The van der Waals surface area contributed by atoms with E-state index in [0.717, 1.165) is 17.1 Å². The van der Waals surface area contributed by atoms with Crippen LogP contribution in [0.4, 0.5) is 5.69 Å². The number of aliphatic imine (C=N–C) groups is 1. The maximum absolute atomic E-state index is 12.4. The molecule has 2 aromatic rings. The maximum Gasteiger partial charge on any atom is 0.289 e. The van der Waals surface area contributed by atoms with Crippen LogP contribution < -0.4 is 5.32 Å². The van der Waals surface area contributed by atoms with E-state index in [1.165, 1.54) is 18.4 Å². The zero-order valence-electron chi connectivity index (χ0n) is 16.9. The van der Waals surface area contributed by atoms with E-state index in [1.807, 2.05) is 6.92 Å². The van der Waals surface area contributed by atoms with Crippen molar-refractivity contribution >= 4 is 17.6 Å². The van der Waals surface area contributed by atoms with Crippen LogP contribution >= 0.6 is 0 Å². The first-order valence-corrected chi connectivity index (χ1v) is 9.68. The van der Waals surface area contributed by atoms with Gasteiger partial charge in [0.2, 0.25) is 0 Å². The summed E-state index contributed by atoms with van der Waals surface area (Å²) in [5.74, 6) is 0.955. The van der Waals surface area contributed by atoms with E-state index in [0.29, 0.717) is 45.0 Å². The van der Waals surface area contributed by atoms with Crippen LogP contribution in [-0.4, -0.2) is 59.3 Å². The molecule has 9 nitrogen and oxygen atoms in total. The standard InChI is InChI=1S/C21H25N5O4/c1-16(2)14-22-21(23-15-17-5-7-18(8-6-17)26(28)29)25-11-9-24(10-12-25)20(27)19-4-3-13-30-19/h3-8,13H,1,9-12,14-15H2,2H3,(H,22,23). The average molecular weight is 411 g/mol. The maximum atomic E-state index is 12.4. The molecule has 1 fully saturated rings. The Morgan fingerprint density at radius 3 is 2.43 bits per heavy atom. The van der Waals surface area contributed by atoms with Crippen molar-refractivity contribution in [3.05, 3.63) is 76.3 Å². The molecule has 1 aromatic heterocycles. The summed E-state index contributed by atoms with van der Waals surface area (Å²) >= 11 is 0. The number of nitro benzene ring substituents is 1. The van der Waals surface area contributed by atoms with E-state index >= 15 is 0 Å². The number of amides is 1. The molecule has 9 heteroatoms. The molecule has 0 saturated carbocycles. The van der Waals surface area contributed by atoms with Crippen molar-refractivity contribution in [2.75, 3.05) is 32.7 Å². The SMILES string of the molecule is C=C(C)CNC(=NCc1ccc([N+](=O)[O-])cc1)N1CCN(C(=O)c2ccco2)CC1. The van der Waals surface area contributed by atoms with Gasteiger partial charge < -0.3 is 19.5 Å². The summed E-state index contributed by atoms with van der Waals surface area (Å²) < 4.78 is 5.21. The van der Waals surface area contributed by atoms with Gasteiger partial charge in [-0.25, -0.2) is 4.99 Å². The van der Waals surface area contributed by atoms with Crippen molar-refractivity contribution < 1.29 is 14.1 Å². The van der Waals surface area contributed by atoms with Gasteiger partial charge >= 0.3 is 0 Å². The van der Waals surface area contributed by atoms with Gasteiger partial charge in [0.1, 0.15) is 0 Å². The zero-order chi connectivity index (χ0) is 21.5. The topological polar surface area (TPSA) is 104 Å². The number of nitro groups is 1. The second-order valence-electron chi connectivity index (χ2n) is 7.13. The van der Waals surface area contributed by atoms with Crippen LogP contribution in [0.1, 0.15) is 23.0 Å². The number of hydrogen-bond donors (Lipinski definition) is 1. The first-order chi connectivity index (χ1) is 14.4. The van der Waals surface area contributed by atoms with Crippen LogP contribution in [0.2, 0.25) is 0 Å². The summed E-state index contributed by atoms with van der Waals surface area (Å²) in [6, 6.07) is 9.74. The number of piperazine rings is 1. The van der Waals surface area contributed by atoms with E-state index in [2.05, 4.69) is 21.8 Å². The predicted molar refractivity (Wildman–Crippen MR) is 113 cm³/mol. The fourth-order valence-corrected chi connectivity index (χ4v) is 3.06. The molecule has 0 aliphatic carbocycles. The first kappa shape index (κ1) is 21.1. The molecule has 0 spiro atoms. The third-order valence-electron chi connectivity index (χ3n) is 4.71. The normalized spacial score (nSPS) is 14.5. The van der Waals surface area contributed by atoms with Crippen molar-refractivity contribution in [3.63, 3.8) is 0 Å². The molecule has 1 amide bonds. The van der Waals surface area contributed by atoms with Crippen molar-refractivity contribution in [1.29, 1.82) is 0 Å². The summed E-state index contributed by atoms with van der Waals surface area (Å²) in [5, 5.41) is 14.1. The van der Waals surface area contributed by atoms with E-state index < -0.39 is 4.92 Å². The average Bonchev–Trinajstić information content (AvgIpc) is 3.28. The van der Waals surface area contributed by atoms with Gasteiger partial charge in [0.05, 0.1) is 17.7 Å². The summed E-state index contributed by atoms with van der Waals surface area (Å²) in [5.41, 5.74) is 1.91. The fraction of sp³-hybridized carbons (Fsp3) is 0.333. The molecule has 1 aromatic carbocycles. The highest BCUT2D eigenvalue weighted by molar-refractivity contribution is 5.91. The Morgan fingerprint density at radius 2 is 1.87 bits per heavy atom. The molecule has 0 unspecified atom stereocenters. The number of non-ortho nitro benzene ring substituents is 1. The van der Waals surface area contributed by atoms with Gasteiger partial charge in [0, 0.05) is 44.9 Å². The second-order valence-corrected chi connectivity index (χ2v) is 7.13. The number of benzene rings is 1. The zero-order valence-corrected chi connectivity index (χ0v) is 16.9. The van der Waals surface area contributed by atoms with Gasteiger partial charge in [0.15, 0.2) is 11.7 Å². The number of rotatable bonds is 6. The molecule has 1 saturated heterocycles. The Balaban J connectivity index is 1.64. The monoisotopic (exact) mass is 411 g/mol. The van der Waals surface area contributed by atoms with Gasteiger partial charge in [-0.1, -0.05) is 24.3 Å². The number of nitrogens with one attached hydrogen (secondary N) is 1. The first-order valence-electron chi connectivity index (χ1n) is 9.68. The summed E-state index contributed by atoms with van der Waals surface area (Å²) in [6.45, 7) is 9.22. The number of carbonyl (C=O) groups excluding carboxylic acids is 1. The lowest BCUT2D eigenvalue weighted by molar-refractivity contribution is -0.384. The third-order valence-corrected chi connectivity index (χ3v) is 4.71. The van der Waals surface area contributed by atoms with Gasteiger partial charge in [-0.15, -0.1) is 0 Å². The van der Waals surface area contributed by atoms with Crippen molar-refractivity contribution in [3.8, 4) is 0 Å². The Hall–Kier alpha value is -3.62. The van der Waals surface area contributed by atoms with Gasteiger partial charge in [-0.05, 0) is 24.6 Å². The lowest BCUT2D eigenvalue weighted by atomic mass is 10.2. The number of guanidine groups is 1. The molecule has 30 heavy (non-hydrogen) atoms.